The fourth-order valence-electron chi connectivity index (χ4n) is 3.32. The van der Waals surface area contributed by atoms with E-state index in [1.54, 1.807) is 31.4 Å². The second-order valence-electron chi connectivity index (χ2n) is 7.16. The van der Waals surface area contributed by atoms with Gasteiger partial charge >= 0.3 is 5.97 Å². The molecule has 1 amide bonds. The molecule has 4 aromatic rings. The number of nitrogens with one attached hydrogen (secondary N) is 1. The van der Waals surface area contributed by atoms with Gasteiger partial charge in [-0.1, -0.05) is 36.9 Å². The fraction of sp³-hybridized carbons (Fsp3) is 0.250. The lowest BCUT2D eigenvalue weighted by molar-refractivity contribution is -0.113. The number of aryl methyl sites for hydroxylation is 1. The van der Waals surface area contributed by atoms with E-state index >= 15 is 0 Å². The van der Waals surface area contributed by atoms with Crippen molar-refractivity contribution in [1.29, 1.82) is 0 Å². The zero-order valence-corrected chi connectivity index (χ0v) is 21.9. The molecule has 0 bridgehead atoms. The van der Waals surface area contributed by atoms with E-state index in [-0.39, 0.29) is 18.3 Å². The maximum absolute atomic E-state index is 12.9. The summed E-state index contributed by atoms with van der Waals surface area (Å²) in [6, 6.07) is 13.3. The summed E-state index contributed by atoms with van der Waals surface area (Å²) in [6.45, 7) is 4.02. The van der Waals surface area contributed by atoms with E-state index in [9.17, 15) is 9.59 Å². The van der Waals surface area contributed by atoms with Crippen LogP contribution in [0.25, 0.3) is 16.4 Å². The Balaban J connectivity index is 1.58. The molecule has 3 aromatic heterocycles. The number of methoxy groups -OCH3 is 1. The standard InChI is InChI=1S/C24H24N4O4S3/c1-4-15-13-16(23(30)32-5-2)22(35-15)25-20(29)14-34-24-27-26-21(19-11-8-12-33-19)28(24)17-9-6-7-10-18(17)31-3/h6-13H,4-5,14H2,1-3H3,(H,25,29). The maximum Gasteiger partial charge on any atom is 0.341 e. The second kappa shape index (κ2) is 11.5. The monoisotopic (exact) mass is 528 g/mol. The van der Waals surface area contributed by atoms with Crippen molar-refractivity contribution in [3.63, 3.8) is 0 Å². The molecule has 182 valence electrons. The van der Waals surface area contributed by atoms with Gasteiger partial charge in [0.2, 0.25) is 5.91 Å². The van der Waals surface area contributed by atoms with Crippen LogP contribution in [0, 0.1) is 0 Å². The Morgan fingerprint density at radius 1 is 1.14 bits per heavy atom. The van der Waals surface area contributed by atoms with E-state index in [1.165, 1.54) is 23.1 Å². The summed E-state index contributed by atoms with van der Waals surface area (Å²) in [6.07, 6.45) is 0.759. The van der Waals surface area contributed by atoms with E-state index in [0.717, 1.165) is 21.9 Å². The number of anilines is 1. The van der Waals surface area contributed by atoms with Crippen LogP contribution in [0.5, 0.6) is 5.75 Å². The molecule has 8 nitrogen and oxygen atoms in total. The molecular weight excluding hydrogens is 504 g/mol. The minimum atomic E-state index is -0.442. The number of esters is 1. The molecule has 0 unspecified atom stereocenters. The number of para-hydroxylation sites is 2. The molecule has 0 aliphatic heterocycles. The Kier molecular flexibility index (Phi) is 8.21. The van der Waals surface area contributed by atoms with Crippen LogP contribution in [0.15, 0.2) is 53.0 Å². The Bertz CT molecular complexity index is 1310. The summed E-state index contributed by atoms with van der Waals surface area (Å²) in [5.74, 6) is 0.725. The molecule has 4 rings (SSSR count). The van der Waals surface area contributed by atoms with Crippen molar-refractivity contribution in [2.45, 2.75) is 25.4 Å². The maximum atomic E-state index is 12.9. The quantitative estimate of drug-likeness (QED) is 0.213. The molecule has 0 fully saturated rings. The van der Waals surface area contributed by atoms with E-state index in [4.69, 9.17) is 9.47 Å². The van der Waals surface area contributed by atoms with Crippen molar-refractivity contribution in [3.05, 3.63) is 58.3 Å². The third-order valence-corrected chi connectivity index (χ3v) is 7.90. The predicted molar refractivity (Wildman–Crippen MR) is 140 cm³/mol. The molecular formula is C24H24N4O4S3. The largest absolute Gasteiger partial charge is 0.495 e. The highest BCUT2D eigenvalue weighted by atomic mass is 32.2. The van der Waals surface area contributed by atoms with Gasteiger partial charge in [-0.3, -0.25) is 9.36 Å². The van der Waals surface area contributed by atoms with Crippen LogP contribution in [-0.4, -0.2) is 46.1 Å². The van der Waals surface area contributed by atoms with Crippen LogP contribution in [-0.2, 0) is 16.0 Å². The van der Waals surface area contributed by atoms with Gasteiger partial charge in [0, 0.05) is 4.88 Å². The molecule has 1 aromatic carbocycles. The van der Waals surface area contributed by atoms with Crippen LogP contribution < -0.4 is 10.1 Å². The molecule has 3 heterocycles. The van der Waals surface area contributed by atoms with Crippen molar-refractivity contribution < 1.29 is 19.1 Å². The number of rotatable bonds is 10. The lowest BCUT2D eigenvalue weighted by atomic mass is 10.2. The third-order valence-electron chi connectivity index (χ3n) is 4.91. The Hall–Kier alpha value is -3.15. The number of aromatic nitrogens is 3. The average molecular weight is 529 g/mol. The van der Waals surface area contributed by atoms with Gasteiger partial charge in [0.15, 0.2) is 11.0 Å². The Morgan fingerprint density at radius 3 is 2.69 bits per heavy atom. The second-order valence-corrected chi connectivity index (χ2v) is 10.2. The first-order valence-electron chi connectivity index (χ1n) is 10.9. The van der Waals surface area contributed by atoms with E-state index in [1.807, 2.05) is 53.3 Å². The van der Waals surface area contributed by atoms with Crippen molar-refractivity contribution in [1.82, 2.24) is 14.8 Å². The lowest BCUT2D eigenvalue weighted by Crippen LogP contribution is -2.16. The van der Waals surface area contributed by atoms with Crippen LogP contribution in [0.4, 0.5) is 5.00 Å². The SMILES string of the molecule is CCOC(=O)c1cc(CC)sc1NC(=O)CSc1nnc(-c2cccs2)n1-c1ccccc1OC. The highest BCUT2D eigenvalue weighted by Crippen LogP contribution is 2.34. The molecule has 0 radical (unpaired) electrons. The average Bonchev–Trinajstić information content (AvgIpc) is 3.62. The number of carbonyl (C=O) groups is 2. The summed E-state index contributed by atoms with van der Waals surface area (Å²) < 4.78 is 12.6. The number of carbonyl (C=O) groups excluding carboxylic acids is 2. The first-order chi connectivity index (χ1) is 17.0. The molecule has 0 atom stereocenters. The summed E-state index contributed by atoms with van der Waals surface area (Å²) in [7, 11) is 1.61. The van der Waals surface area contributed by atoms with E-state index < -0.39 is 5.97 Å². The van der Waals surface area contributed by atoms with Gasteiger partial charge in [-0.2, -0.15) is 0 Å². The number of hydrogen-bond acceptors (Lipinski definition) is 9. The Morgan fingerprint density at radius 2 is 1.97 bits per heavy atom. The van der Waals surface area contributed by atoms with Crippen molar-refractivity contribution >= 4 is 51.3 Å². The molecule has 0 spiro atoms. The molecule has 0 aliphatic carbocycles. The molecule has 0 aliphatic rings. The van der Waals surface area contributed by atoms with Gasteiger partial charge in [0.25, 0.3) is 0 Å². The number of thiophene rings is 2. The molecule has 35 heavy (non-hydrogen) atoms. The summed E-state index contributed by atoms with van der Waals surface area (Å²) in [5, 5.41) is 14.7. The van der Waals surface area contributed by atoms with Gasteiger partial charge in [-0.05, 0) is 43.0 Å². The first kappa shape index (κ1) is 25.0. The van der Waals surface area contributed by atoms with Crippen LogP contribution in [0.2, 0.25) is 0 Å². The molecule has 0 saturated carbocycles. The minimum Gasteiger partial charge on any atom is -0.495 e. The minimum absolute atomic E-state index is 0.0827. The number of thioether (sulfide) groups is 1. The predicted octanol–water partition coefficient (Wildman–Crippen LogP) is 5.54. The zero-order valence-electron chi connectivity index (χ0n) is 19.4. The van der Waals surface area contributed by atoms with Gasteiger partial charge in [0.1, 0.15) is 10.8 Å². The van der Waals surface area contributed by atoms with E-state index in [2.05, 4.69) is 15.5 Å². The first-order valence-corrected chi connectivity index (χ1v) is 13.6. The van der Waals surface area contributed by atoms with Crippen LogP contribution in [0.1, 0.15) is 29.1 Å². The van der Waals surface area contributed by atoms with Crippen LogP contribution >= 0.6 is 34.4 Å². The van der Waals surface area contributed by atoms with Gasteiger partial charge in [-0.25, -0.2) is 4.79 Å². The van der Waals surface area contributed by atoms with Crippen LogP contribution in [0.3, 0.4) is 0 Å². The molecule has 11 heteroatoms. The normalized spacial score (nSPS) is 10.8. The summed E-state index contributed by atoms with van der Waals surface area (Å²) >= 11 is 4.19. The smallest absolute Gasteiger partial charge is 0.341 e. The van der Waals surface area contributed by atoms with Gasteiger partial charge in [-0.15, -0.1) is 32.9 Å². The summed E-state index contributed by atoms with van der Waals surface area (Å²) in [5.41, 5.74) is 1.16. The van der Waals surface area contributed by atoms with Crippen molar-refractivity contribution in [2.75, 3.05) is 24.8 Å². The molecule has 1 N–H and O–H groups in total. The number of ether oxygens (including phenoxy) is 2. The number of amides is 1. The number of nitrogens with zero attached hydrogens (tertiary/aromatic N) is 3. The third kappa shape index (κ3) is 5.58. The fourth-order valence-corrected chi connectivity index (χ4v) is 5.77. The highest BCUT2D eigenvalue weighted by molar-refractivity contribution is 7.99. The van der Waals surface area contributed by atoms with E-state index in [0.29, 0.717) is 27.3 Å². The zero-order chi connectivity index (χ0) is 24.8. The van der Waals surface area contributed by atoms with Crippen molar-refractivity contribution in [2.24, 2.45) is 0 Å². The topological polar surface area (TPSA) is 95.3 Å². The molecule has 0 saturated heterocycles. The van der Waals surface area contributed by atoms with Gasteiger partial charge in [0.05, 0.1) is 35.6 Å². The van der Waals surface area contributed by atoms with Crippen molar-refractivity contribution in [3.8, 4) is 22.1 Å². The number of hydrogen-bond donors (Lipinski definition) is 1. The van der Waals surface area contributed by atoms with Gasteiger partial charge < -0.3 is 14.8 Å². The summed E-state index contributed by atoms with van der Waals surface area (Å²) in [4.78, 5) is 27.1. The highest BCUT2D eigenvalue weighted by Gasteiger charge is 2.22. The Labute approximate surface area is 215 Å². The number of benzene rings is 1. The lowest BCUT2D eigenvalue weighted by Gasteiger charge is -2.13.